The molecule has 2 aliphatic heterocycles. The van der Waals surface area contributed by atoms with Crippen LogP contribution in [0.15, 0.2) is 41.3 Å². The fraction of sp³-hybridized carbons (Fsp3) is 0.333. The van der Waals surface area contributed by atoms with Crippen molar-refractivity contribution in [3.05, 3.63) is 42.0 Å². The van der Waals surface area contributed by atoms with Crippen molar-refractivity contribution in [1.29, 1.82) is 0 Å². The fourth-order valence-corrected chi connectivity index (χ4v) is 4.07. The molecule has 4 unspecified atom stereocenters. The van der Waals surface area contributed by atoms with E-state index >= 15 is 0 Å². The molecule has 2 amide bonds. The molecule has 1 aromatic carbocycles. The molecule has 0 radical (unpaired) electrons. The highest BCUT2D eigenvalue weighted by Crippen LogP contribution is 2.39. The second-order valence-corrected chi connectivity index (χ2v) is 7.42. The number of hydrogen-bond acceptors (Lipinski definition) is 6. The van der Waals surface area contributed by atoms with Crippen LogP contribution in [0.25, 0.3) is 0 Å². The van der Waals surface area contributed by atoms with Crippen LogP contribution in [-0.2, 0) is 34.9 Å². The number of ether oxygens (including phenoxy) is 1. The van der Waals surface area contributed by atoms with Crippen LogP contribution in [0, 0.1) is 11.8 Å². The average Bonchev–Trinajstić information content (AvgIpc) is 3.20. The third kappa shape index (κ3) is 3.55. The summed E-state index contributed by atoms with van der Waals surface area (Å²) in [4.78, 5) is 22.6. The zero-order valence-electron chi connectivity index (χ0n) is 13.3. The van der Waals surface area contributed by atoms with Crippen molar-refractivity contribution in [1.82, 2.24) is 5.48 Å². The lowest BCUT2D eigenvalue weighted by atomic mass is 9.82. The number of nitrogens with two attached hydrogens (primary N) is 1. The van der Waals surface area contributed by atoms with Gasteiger partial charge in [0, 0.05) is 0 Å². The van der Waals surface area contributed by atoms with Gasteiger partial charge in [-0.05, 0) is 12.1 Å². The molecule has 0 aromatic heterocycles. The molecule has 0 saturated carbocycles. The van der Waals surface area contributed by atoms with E-state index in [0.717, 1.165) is 12.1 Å². The summed E-state index contributed by atoms with van der Waals surface area (Å²) in [6, 6.07) is 3.34. The number of amides is 2. The molecule has 1 fully saturated rings. The highest BCUT2D eigenvalue weighted by atomic mass is 32.2. The van der Waals surface area contributed by atoms with Crippen molar-refractivity contribution in [3.63, 3.8) is 0 Å². The first-order chi connectivity index (χ1) is 12.5. The van der Waals surface area contributed by atoms with Crippen LogP contribution < -0.4 is 11.2 Å². The van der Waals surface area contributed by atoms with Crippen molar-refractivity contribution in [2.24, 2.45) is 17.6 Å². The minimum absolute atomic E-state index is 0.565. The minimum Gasteiger partial charge on any atom is -0.369 e. The smallest absolute Gasteiger partial charge is 0.369 e. The minimum atomic E-state index is -4.98. The molecule has 1 saturated heterocycles. The molecule has 0 aliphatic carbocycles. The standard InChI is InChI=1S/C15H13F3N2O6S/c16-15(17,18)7-3-1-2-4-10(7)27(23,24)26-20-14(22)12-9-6-5-8(25-9)11(12)13(19)21/h1-6,8-9,11-12H,(H2,19,21)(H,20,22). The summed E-state index contributed by atoms with van der Waals surface area (Å²) >= 11 is 0. The monoisotopic (exact) mass is 406 g/mol. The van der Waals surface area contributed by atoms with Crippen molar-refractivity contribution < 1.29 is 40.2 Å². The van der Waals surface area contributed by atoms with Crippen molar-refractivity contribution >= 4 is 21.9 Å². The number of primary amides is 1. The quantitative estimate of drug-likeness (QED) is 0.542. The normalized spacial score (nSPS) is 26.9. The van der Waals surface area contributed by atoms with E-state index in [9.17, 15) is 31.2 Å². The summed E-state index contributed by atoms with van der Waals surface area (Å²) in [5.41, 5.74) is 5.39. The fourth-order valence-electron chi connectivity index (χ4n) is 3.09. The number of fused-ring (bicyclic) bond motifs is 2. The number of carbonyl (C=O) groups is 2. The van der Waals surface area contributed by atoms with Crippen molar-refractivity contribution in [2.75, 3.05) is 0 Å². The lowest BCUT2D eigenvalue weighted by molar-refractivity contribution is -0.140. The van der Waals surface area contributed by atoms with Crippen LogP contribution in [0.1, 0.15) is 5.56 Å². The van der Waals surface area contributed by atoms with Crippen LogP contribution in [0.5, 0.6) is 0 Å². The molecule has 2 aliphatic rings. The van der Waals surface area contributed by atoms with Crippen LogP contribution in [0.4, 0.5) is 13.2 Å². The zero-order chi connectivity index (χ0) is 20.0. The molecule has 0 spiro atoms. The highest BCUT2D eigenvalue weighted by molar-refractivity contribution is 7.86. The van der Waals surface area contributed by atoms with Crippen molar-refractivity contribution in [3.8, 4) is 0 Å². The van der Waals surface area contributed by atoms with E-state index in [1.54, 1.807) is 11.6 Å². The lowest BCUT2D eigenvalue weighted by Crippen LogP contribution is -2.45. The molecule has 8 nitrogen and oxygen atoms in total. The maximum absolute atomic E-state index is 13.0. The van der Waals surface area contributed by atoms with Crippen LogP contribution in [0.3, 0.4) is 0 Å². The van der Waals surface area contributed by atoms with E-state index in [1.165, 1.54) is 6.08 Å². The Labute approximate surface area is 151 Å². The van der Waals surface area contributed by atoms with Crippen LogP contribution >= 0.6 is 0 Å². The first-order valence-electron chi connectivity index (χ1n) is 7.55. The third-order valence-electron chi connectivity index (χ3n) is 4.24. The SMILES string of the molecule is NC(=O)C1C2C=CC(O2)C1C(=O)NOS(=O)(=O)c1ccccc1C(F)(F)F. The molecule has 1 aromatic rings. The largest absolute Gasteiger partial charge is 0.417 e. The summed E-state index contributed by atoms with van der Waals surface area (Å²) in [6.45, 7) is 0. The highest BCUT2D eigenvalue weighted by Gasteiger charge is 2.52. The average molecular weight is 406 g/mol. The summed E-state index contributed by atoms with van der Waals surface area (Å²) in [7, 11) is -4.98. The molecule has 3 N–H and O–H groups in total. The molecule has 27 heavy (non-hydrogen) atoms. The second kappa shape index (κ2) is 6.62. The van der Waals surface area contributed by atoms with Gasteiger partial charge in [-0.2, -0.15) is 21.6 Å². The number of carbonyl (C=O) groups excluding carboxylic acids is 2. The molecule has 4 atom stereocenters. The van der Waals surface area contributed by atoms with Gasteiger partial charge in [-0.25, -0.2) is 5.48 Å². The zero-order valence-corrected chi connectivity index (χ0v) is 14.2. The van der Waals surface area contributed by atoms with Gasteiger partial charge in [-0.3, -0.25) is 9.59 Å². The number of alkyl halides is 3. The maximum atomic E-state index is 13.0. The first-order valence-corrected chi connectivity index (χ1v) is 8.96. The Kier molecular flexibility index (Phi) is 4.74. The van der Waals surface area contributed by atoms with Crippen molar-refractivity contribution in [2.45, 2.75) is 23.3 Å². The molecule has 146 valence electrons. The third-order valence-corrected chi connectivity index (χ3v) is 5.44. The van der Waals surface area contributed by atoms with Gasteiger partial charge in [-0.15, -0.1) is 4.28 Å². The van der Waals surface area contributed by atoms with Gasteiger partial charge < -0.3 is 10.5 Å². The Morgan fingerprint density at radius 3 is 2.30 bits per heavy atom. The van der Waals surface area contributed by atoms with Gasteiger partial charge in [-0.1, -0.05) is 24.3 Å². The van der Waals surface area contributed by atoms with E-state index < -0.39 is 62.6 Å². The topological polar surface area (TPSA) is 125 Å². The summed E-state index contributed by atoms with van der Waals surface area (Å²) in [5, 5.41) is 0. The van der Waals surface area contributed by atoms with E-state index in [2.05, 4.69) is 4.28 Å². The predicted octanol–water partition coefficient (Wildman–Crippen LogP) is 0.497. The number of rotatable bonds is 5. The number of nitrogens with one attached hydrogen (secondary N) is 1. The lowest BCUT2D eigenvalue weighted by Gasteiger charge is -2.21. The van der Waals surface area contributed by atoms with Gasteiger partial charge in [0.05, 0.1) is 29.6 Å². The van der Waals surface area contributed by atoms with Crippen LogP contribution in [0.2, 0.25) is 0 Å². The summed E-state index contributed by atoms with van der Waals surface area (Å²) in [6.07, 6.45) is -3.45. The van der Waals surface area contributed by atoms with Gasteiger partial charge in [0.2, 0.25) is 5.91 Å². The first kappa shape index (κ1) is 19.3. The van der Waals surface area contributed by atoms with Gasteiger partial charge in [0.25, 0.3) is 5.91 Å². The number of benzene rings is 1. The van der Waals surface area contributed by atoms with Gasteiger partial charge in [0.15, 0.2) is 0 Å². The Balaban J connectivity index is 1.78. The molecule has 12 heteroatoms. The molecule has 3 rings (SSSR count). The van der Waals surface area contributed by atoms with E-state index in [1.807, 2.05) is 0 Å². The Bertz CT molecular complexity index is 914. The Hall–Kier alpha value is -2.44. The van der Waals surface area contributed by atoms with Gasteiger partial charge >= 0.3 is 16.3 Å². The molecular weight excluding hydrogens is 393 g/mol. The van der Waals surface area contributed by atoms with Gasteiger partial charge in [0.1, 0.15) is 4.90 Å². The maximum Gasteiger partial charge on any atom is 0.417 e. The molecule has 2 heterocycles. The van der Waals surface area contributed by atoms with E-state index in [4.69, 9.17) is 10.5 Å². The van der Waals surface area contributed by atoms with E-state index in [0.29, 0.717) is 12.1 Å². The Morgan fingerprint density at radius 2 is 1.70 bits per heavy atom. The number of hydroxylamine groups is 1. The molecular formula is C15H13F3N2O6S. The van der Waals surface area contributed by atoms with E-state index in [-0.39, 0.29) is 0 Å². The number of halogens is 3. The van der Waals surface area contributed by atoms with Crippen LogP contribution in [-0.4, -0.2) is 32.4 Å². The summed E-state index contributed by atoms with van der Waals surface area (Å²) in [5.74, 6) is -4.10. The predicted molar refractivity (Wildman–Crippen MR) is 81.8 cm³/mol. The summed E-state index contributed by atoms with van der Waals surface area (Å²) < 4.78 is 72.8. The Morgan fingerprint density at radius 1 is 1.11 bits per heavy atom. The molecule has 2 bridgehead atoms. The number of hydrogen-bond donors (Lipinski definition) is 2. The second-order valence-electron chi connectivity index (χ2n) is 5.90.